The number of ether oxygens (including phenoxy) is 1. The predicted molar refractivity (Wildman–Crippen MR) is 120 cm³/mol. The normalized spacial score (nSPS) is 15.3. The third kappa shape index (κ3) is 4.17. The van der Waals surface area contributed by atoms with Crippen LogP contribution in [-0.2, 0) is 22.7 Å². The second-order valence-electron chi connectivity index (χ2n) is 7.85. The van der Waals surface area contributed by atoms with Crippen LogP contribution in [0.4, 0.5) is 5.69 Å². The Bertz CT molecular complexity index is 1330. The van der Waals surface area contributed by atoms with Crippen LogP contribution in [0.2, 0.25) is 0 Å². The summed E-state index contributed by atoms with van der Waals surface area (Å²) in [4.78, 5) is 32.0. The first-order chi connectivity index (χ1) is 15.9. The second-order valence-corrected chi connectivity index (χ2v) is 7.85. The largest absolute Gasteiger partial charge is 0.487 e. The van der Waals surface area contributed by atoms with E-state index in [0.29, 0.717) is 33.8 Å². The molecule has 0 aliphatic carbocycles. The molecule has 1 unspecified atom stereocenters. The summed E-state index contributed by atoms with van der Waals surface area (Å²) in [5.74, 6) is -1.39. The Morgan fingerprint density at radius 3 is 2.52 bits per heavy atom. The van der Waals surface area contributed by atoms with E-state index in [2.05, 4.69) is 11.1 Å². The number of hydrogen-bond acceptors (Lipinski definition) is 6. The average Bonchev–Trinajstić information content (AvgIpc) is 2.94. The number of rotatable bonds is 4. The molecule has 0 saturated heterocycles. The summed E-state index contributed by atoms with van der Waals surface area (Å²) in [6.45, 7) is 3.85. The van der Waals surface area contributed by atoms with Crippen molar-refractivity contribution in [3.63, 3.8) is 0 Å². The predicted octanol–water partition coefficient (Wildman–Crippen LogP) is 3.93. The molecule has 1 aliphatic rings. The highest BCUT2D eigenvalue weighted by Crippen LogP contribution is 2.37. The third-order valence-corrected chi connectivity index (χ3v) is 5.69. The van der Waals surface area contributed by atoms with Crippen molar-refractivity contribution in [3.8, 4) is 17.9 Å². The van der Waals surface area contributed by atoms with Crippen LogP contribution in [0.1, 0.15) is 46.4 Å². The van der Waals surface area contributed by atoms with E-state index in [9.17, 15) is 9.59 Å². The van der Waals surface area contributed by atoms with Gasteiger partial charge in [0.2, 0.25) is 5.78 Å². The minimum Gasteiger partial charge on any atom is -0.487 e. The summed E-state index contributed by atoms with van der Waals surface area (Å²) < 4.78 is 6.11. The van der Waals surface area contributed by atoms with Crippen molar-refractivity contribution >= 4 is 17.4 Å². The van der Waals surface area contributed by atoms with Crippen molar-refractivity contribution in [1.82, 2.24) is 4.98 Å². The molecule has 0 spiro atoms. The maximum Gasteiger partial charge on any atom is 0.295 e. The molecule has 3 aromatic rings. The van der Waals surface area contributed by atoms with Gasteiger partial charge in [-0.25, -0.2) is 0 Å². The number of anilines is 1. The van der Waals surface area contributed by atoms with Gasteiger partial charge >= 0.3 is 0 Å². The number of Topliss-reactive ketones (excluding diaryl/α,β-unsaturated/α-hetero) is 1. The van der Waals surface area contributed by atoms with Gasteiger partial charge in [-0.15, -0.1) is 0 Å². The number of ketones is 1. The van der Waals surface area contributed by atoms with Gasteiger partial charge in [0, 0.05) is 17.4 Å². The van der Waals surface area contributed by atoms with Crippen molar-refractivity contribution in [2.75, 3.05) is 4.90 Å². The topological polar surface area (TPSA) is 107 Å². The lowest BCUT2D eigenvalue weighted by atomic mass is 9.93. The first kappa shape index (κ1) is 21.7. The number of fused-ring (bicyclic) bond motifs is 1. The summed E-state index contributed by atoms with van der Waals surface area (Å²) in [7, 11) is 0. The molecule has 7 nitrogen and oxygen atoms in total. The van der Waals surface area contributed by atoms with Gasteiger partial charge in [-0.2, -0.15) is 10.5 Å². The van der Waals surface area contributed by atoms with E-state index in [1.165, 1.54) is 4.90 Å². The monoisotopic (exact) mass is 436 g/mol. The molecule has 0 radical (unpaired) electrons. The summed E-state index contributed by atoms with van der Waals surface area (Å²) >= 11 is 0. The Morgan fingerprint density at radius 1 is 1.09 bits per heavy atom. The summed E-state index contributed by atoms with van der Waals surface area (Å²) in [6.07, 6.45) is 1.67. The molecule has 0 saturated carbocycles. The van der Waals surface area contributed by atoms with Crippen LogP contribution in [-0.4, -0.2) is 16.7 Å². The Kier molecular flexibility index (Phi) is 5.89. The molecule has 33 heavy (non-hydrogen) atoms. The highest BCUT2D eigenvalue weighted by Gasteiger charge is 2.36. The van der Waals surface area contributed by atoms with Gasteiger partial charge < -0.3 is 9.64 Å². The highest BCUT2D eigenvalue weighted by atomic mass is 16.5. The van der Waals surface area contributed by atoms with Crippen LogP contribution in [0, 0.1) is 29.6 Å². The minimum atomic E-state index is -0.710. The number of aromatic nitrogens is 1. The molecule has 2 heterocycles. The molecule has 0 bridgehead atoms. The number of nitriles is 2. The molecule has 2 aromatic carbocycles. The molecule has 7 heteroatoms. The van der Waals surface area contributed by atoms with Crippen molar-refractivity contribution in [2.45, 2.75) is 32.9 Å². The summed E-state index contributed by atoms with van der Waals surface area (Å²) in [5, 5.41) is 18.2. The number of amides is 1. The van der Waals surface area contributed by atoms with Crippen LogP contribution in [0.5, 0.6) is 5.75 Å². The molecular weight excluding hydrogens is 416 g/mol. The quantitative estimate of drug-likeness (QED) is 0.574. The molecular formula is C26H20N4O3. The lowest BCUT2D eigenvalue weighted by molar-refractivity contribution is -0.136. The smallest absolute Gasteiger partial charge is 0.295 e. The number of carbonyl (C=O) groups excluding carboxylic acids is 2. The average molecular weight is 436 g/mol. The fraction of sp³-hybridized carbons (Fsp3) is 0.192. The van der Waals surface area contributed by atoms with Crippen LogP contribution < -0.4 is 9.64 Å². The zero-order chi connectivity index (χ0) is 23.5. The van der Waals surface area contributed by atoms with Crippen molar-refractivity contribution < 1.29 is 14.3 Å². The number of pyridine rings is 1. The van der Waals surface area contributed by atoms with E-state index in [1.807, 2.05) is 12.1 Å². The number of carbonyl (C=O) groups is 2. The van der Waals surface area contributed by atoms with E-state index < -0.39 is 17.6 Å². The van der Waals surface area contributed by atoms with E-state index in [4.69, 9.17) is 15.3 Å². The molecule has 0 N–H and O–H groups in total. The van der Waals surface area contributed by atoms with Crippen molar-refractivity contribution in [2.24, 2.45) is 0 Å². The van der Waals surface area contributed by atoms with Crippen molar-refractivity contribution in [3.05, 3.63) is 88.2 Å². The van der Waals surface area contributed by atoms with Gasteiger partial charge in [0.05, 0.1) is 41.4 Å². The number of nitrogens with zero attached hydrogens (tertiary/aromatic N) is 4. The van der Waals surface area contributed by atoms with Gasteiger partial charge in [0.15, 0.2) is 0 Å². The first-order valence-corrected chi connectivity index (χ1v) is 10.4. The van der Waals surface area contributed by atoms with E-state index in [1.54, 1.807) is 62.5 Å². The third-order valence-electron chi connectivity index (χ3n) is 5.69. The zero-order valence-electron chi connectivity index (χ0n) is 18.2. The van der Waals surface area contributed by atoms with Gasteiger partial charge in [-0.1, -0.05) is 19.1 Å². The van der Waals surface area contributed by atoms with Gasteiger partial charge in [0.25, 0.3) is 5.91 Å². The van der Waals surface area contributed by atoms with Gasteiger partial charge in [0.1, 0.15) is 12.4 Å². The van der Waals surface area contributed by atoms with E-state index in [-0.39, 0.29) is 13.2 Å². The number of aryl methyl sites for hydroxylation is 1. The Morgan fingerprint density at radius 2 is 1.82 bits per heavy atom. The molecule has 1 amide bonds. The van der Waals surface area contributed by atoms with Crippen LogP contribution in [0.25, 0.3) is 0 Å². The maximum atomic E-state index is 13.1. The lowest BCUT2D eigenvalue weighted by Crippen LogP contribution is -2.35. The SMILES string of the molecule is Cc1ncc2c(c1OCc1cccc(C#N)c1)C(C)C(=O)C(=O)N(c1ccc(C#N)cc1)C2. The Balaban J connectivity index is 1.72. The van der Waals surface area contributed by atoms with Crippen LogP contribution in [0.15, 0.2) is 54.7 Å². The molecule has 1 atom stereocenters. The minimum absolute atomic E-state index is 0.156. The standard InChI is InChI=1S/C26H20N4O3/c1-16-23-21(14-30(26(32)24(16)31)22-8-6-18(11-27)7-9-22)13-29-17(2)25(23)33-15-20-5-3-4-19(10-20)12-28/h3-10,13,16H,14-15H2,1-2H3. The lowest BCUT2D eigenvalue weighted by Gasteiger charge is -2.21. The first-order valence-electron chi connectivity index (χ1n) is 10.4. The molecule has 1 aliphatic heterocycles. The maximum absolute atomic E-state index is 13.1. The number of hydrogen-bond donors (Lipinski definition) is 0. The van der Waals surface area contributed by atoms with Crippen molar-refractivity contribution in [1.29, 1.82) is 10.5 Å². The van der Waals surface area contributed by atoms with E-state index in [0.717, 1.165) is 11.1 Å². The fourth-order valence-corrected chi connectivity index (χ4v) is 3.93. The van der Waals surface area contributed by atoms with Crippen LogP contribution in [0.3, 0.4) is 0 Å². The summed E-state index contributed by atoms with van der Waals surface area (Å²) in [6, 6.07) is 17.8. The molecule has 0 fully saturated rings. The highest BCUT2D eigenvalue weighted by molar-refractivity contribution is 6.43. The molecule has 4 rings (SSSR count). The number of benzene rings is 2. The molecule has 162 valence electrons. The second kappa shape index (κ2) is 8.94. The zero-order valence-corrected chi connectivity index (χ0v) is 18.2. The summed E-state index contributed by atoms with van der Waals surface area (Å²) in [5.41, 5.74) is 4.33. The fourth-order valence-electron chi connectivity index (χ4n) is 3.93. The van der Waals surface area contributed by atoms with Crippen LogP contribution >= 0.6 is 0 Å². The Hall–Kier alpha value is -4.49. The van der Waals surface area contributed by atoms with Gasteiger partial charge in [-0.3, -0.25) is 14.6 Å². The molecule has 1 aromatic heterocycles. The Labute approximate surface area is 191 Å². The van der Waals surface area contributed by atoms with Gasteiger partial charge in [-0.05, 0) is 54.4 Å². The van der Waals surface area contributed by atoms with E-state index >= 15 is 0 Å².